The molecular weight excluding hydrogens is 202 g/mol. The number of benzene rings is 1. The Balaban J connectivity index is 3.01. The van der Waals surface area contributed by atoms with E-state index in [-0.39, 0.29) is 5.57 Å². The number of rotatable bonds is 3. The van der Waals surface area contributed by atoms with Gasteiger partial charge in [-0.25, -0.2) is 4.79 Å². The van der Waals surface area contributed by atoms with Crippen LogP contribution in [0.2, 0.25) is 0 Å². The topological polar surface area (TPSA) is 50.1 Å². The number of carbonyl (C=O) groups is 1. The Morgan fingerprint density at radius 3 is 2.44 bits per heavy atom. The second kappa shape index (κ2) is 4.63. The lowest BCUT2D eigenvalue weighted by atomic mass is 9.97. The standard InChI is InChI=1S/C13H13NO2/c1-10(2)12(15)16-13(3,9-14)11-7-5-4-6-8-11/h4-8H,1H2,2-3H3. The molecule has 1 rings (SSSR count). The molecule has 0 saturated carbocycles. The summed E-state index contributed by atoms with van der Waals surface area (Å²) in [5, 5.41) is 9.11. The van der Waals surface area contributed by atoms with Gasteiger partial charge in [0.1, 0.15) is 6.07 Å². The van der Waals surface area contributed by atoms with Crippen molar-refractivity contribution in [2.24, 2.45) is 0 Å². The predicted molar refractivity (Wildman–Crippen MR) is 60.3 cm³/mol. The summed E-state index contributed by atoms with van der Waals surface area (Å²) in [6.45, 7) is 6.59. The Bertz CT molecular complexity index is 445. The summed E-state index contributed by atoms with van der Waals surface area (Å²) in [5.41, 5.74) is -0.346. The predicted octanol–water partition coefficient (Wildman–Crippen LogP) is 2.54. The van der Waals surface area contributed by atoms with Crippen LogP contribution in [0.3, 0.4) is 0 Å². The van der Waals surface area contributed by atoms with Gasteiger partial charge in [0, 0.05) is 11.1 Å². The monoisotopic (exact) mass is 215 g/mol. The minimum atomic E-state index is -1.27. The Labute approximate surface area is 95.0 Å². The molecule has 1 aromatic carbocycles. The van der Waals surface area contributed by atoms with E-state index in [2.05, 4.69) is 6.58 Å². The number of hydrogen-bond donors (Lipinski definition) is 0. The molecule has 0 aliphatic rings. The van der Waals surface area contributed by atoms with Crippen LogP contribution in [0.4, 0.5) is 0 Å². The summed E-state index contributed by atoms with van der Waals surface area (Å²) >= 11 is 0. The zero-order valence-corrected chi connectivity index (χ0v) is 9.36. The lowest BCUT2D eigenvalue weighted by molar-refractivity contribution is -0.149. The summed E-state index contributed by atoms with van der Waals surface area (Å²) in [5.74, 6) is -0.562. The maximum Gasteiger partial charge on any atom is 0.334 e. The van der Waals surface area contributed by atoms with Crippen LogP contribution < -0.4 is 0 Å². The quantitative estimate of drug-likeness (QED) is 0.575. The molecule has 0 spiro atoms. The van der Waals surface area contributed by atoms with Crippen molar-refractivity contribution < 1.29 is 9.53 Å². The zero-order valence-electron chi connectivity index (χ0n) is 9.36. The summed E-state index contributed by atoms with van der Waals surface area (Å²) in [6.07, 6.45) is 0. The molecule has 0 aliphatic carbocycles. The van der Waals surface area contributed by atoms with E-state index in [1.807, 2.05) is 12.1 Å². The zero-order chi connectivity index (χ0) is 12.2. The second-order valence-electron chi connectivity index (χ2n) is 3.68. The maximum absolute atomic E-state index is 11.4. The first-order chi connectivity index (χ1) is 7.49. The third-order valence-corrected chi connectivity index (χ3v) is 2.18. The van der Waals surface area contributed by atoms with Gasteiger partial charge < -0.3 is 4.74 Å². The van der Waals surface area contributed by atoms with Crippen LogP contribution in [-0.4, -0.2) is 5.97 Å². The Morgan fingerprint density at radius 1 is 1.44 bits per heavy atom. The normalized spacial score (nSPS) is 13.3. The number of hydrogen-bond acceptors (Lipinski definition) is 3. The number of esters is 1. The summed E-state index contributed by atoms with van der Waals surface area (Å²) in [6, 6.07) is 10.9. The minimum Gasteiger partial charge on any atom is -0.436 e. The molecule has 0 saturated heterocycles. The highest BCUT2D eigenvalue weighted by Crippen LogP contribution is 2.25. The molecule has 0 heterocycles. The molecule has 0 aliphatic heterocycles. The van der Waals surface area contributed by atoms with Crippen LogP contribution in [-0.2, 0) is 15.1 Å². The van der Waals surface area contributed by atoms with Gasteiger partial charge in [-0.1, -0.05) is 36.9 Å². The van der Waals surface area contributed by atoms with Crippen molar-refractivity contribution in [1.82, 2.24) is 0 Å². The first kappa shape index (κ1) is 12.0. The van der Waals surface area contributed by atoms with Crippen molar-refractivity contribution in [2.75, 3.05) is 0 Å². The van der Waals surface area contributed by atoms with Crippen LogP contribution in [0, 0.1) is 11.3 Å². The fourth-order valence-corrected chi connectivity index (χ4v) is 1.18. The van der Waals surface area contributed by atoms with Crippen LogP contribution in [0.15, 0.2) is 42.5 Å². The molecule has 82 valence electrons. The van der Waals surface area contributed by atoms with Gasteiger partial charge in [-0.2, -0.15) is 5.26 Å². The lowest BCUT2D eigenvalue weighted by Gasteiger charge is -2.22. The first-order valence-corrected chi connectivity index (χ1v) is 4.85. The van der Waals surface area contributed by atoms with Crippen LogP contribution >= 0.6 is 0 Å². The largest absolute Gasteiger partial charge is 0.436 e. The fraction of sp³-hybridized carbons (Fsp3) is 0.231. The molecule has 0 N–H and O–H groups in total. The van der Waals surface area contributed by atoms with Gasteiger partial charge in [-0.15, -0.1) is 0 Å². The summed E-state index contributed by atoms with van der Waals surface area (Å²) < 4.78 is 5.14. The molecule has 1 unspecified atom stereocenters. The van der Waals surface area contributed by atoms with Crippen LogP contribution in [0.25, 0.3) is 0 Å². The molecule has 0 radical (unpaired) electrons. The van der Waals surface area contributed by atoms with Crippen LogP contribution in [0.1, 0.15) is 19.4 Å². The molecule has 3 heteroatoms. The third kappa shape index (κ3) is 2.48. The van der Waals surface area contributed by atoms with Gasteiger partial charge in [-0.05, 0) is 13.8 Å². The van der Waals surface area contributed by atoms with E-state index in [4.69, 9.17) is 10.00 Å². The van der Waals surface area contributed by atoms with E-state index in [9.17, 15) is 4.79 Å². The van der Waals surface area contributed by atoms with E-state index in [1.54, 1.807) is 38.1 Å². The first-order valence-electron chi connectivity index (χ1n) is 4.85. The molecule has 0 fully saturated rings. The van der Waals surface area contributed by atoms with Crippen molar-refractivity contribution in [3.63, 3.8) is 0 Å². The second-order valence-corrected chi connectivity index (χ2v) is 3.68. The van der Waals surface area contributed by atoms with Gasteiger partial charge >= 0.3 is 5.97 Å². The van der Waals surface area contributed by atoms with Crippen molar-refractivity contribution >= 4 is 5.97 Å². The molecule has 16 heavy (non-hydrogen) atoms. The van der Waals surface area contributed by atoms with E-state index >= 15 is 0 Å². The Hall–Kier alpha value is -2.08. The SMILES string of the molecule is C=C(C)C(=O)OC(C)(C#N)c1ccccc1. The van der Waals surface area contributed by atoms with Gasteiger partial charge in [0.05, 0.1) is 0 Å². The smallest absolute Gasteiger partial charge is 0.334 e. The van der Waals surface area contributed by atoms with E-state index in [0.29, 0.717) is 5.56 Å². The molecule has 0 bridgehead atoms. The van der Waals surface area contributed by atoms with Gasteiger partial charge in [0.2, 0.25) is 5.60 Å². The molecule has 3 nitrogen and oxygen atoms in total. The van der Waals surface area contributed by atoms with Gasteiger partial charge in [-0.3, -0.25) is 0 Å². The average Bonchev–Trinajstić information content (AvgIpc) is 2.29. The maximum atomic E-state index is 11.4. The molecule has 0 amide bonds. The fourth-order valence-electron chi connectivity index (χ4n) is 1.18. The highest BCUT2D eigenvalue weighted by atomic mass is 16.6. The van der Waals surface area contributed by atoms with Gasteiger partial charge in [0.15, 0.2) is 0 Å². The van der Waals surface area contributed by atoms with Crippen molar-refractivity contribution in [2.45, 2.75) is 19.4 Å². The highest BCUT2D eigenvalue weighted by molar-refractivity contribution is 5.87. The van der Waals surface area contributed by atoms with Crippen molar-refractivity contribution in [3.8, 4) is 6.07 Å². The van der Waals surface area contributed by atoms with Gasteiger partial charge in [0.25, 0.3) is 0 Å². The highest BCUT2D eigenvalue weighted by Gasteiger charge is 2.30. The minimum absolute atomic E-state index is 0.275. The van der Waals surface area contributed by atoms with E-state index in [0.717, 1.165) is 0 Å². The molecule has 0 aromatic heterocycles. The summed E-state index contributed by atoms with van der Waals surface area (Å²) in [7, 11) is 0. The average molecular weight is 215 g/mol. The molecule has 1 aromatic rings. The van der Waals surface area contributed by atoms with Crippen molar-refractivity contribution in [3.05, 3.63) is 48.0 Å². The summed E-state index contributed by atoms with van der Waals surface area (Å²) in [4.78, 5) is 11.4. The number of nitriles is 1. The third-order valence-electron chi connectivity index (χ3n) is 2.18. The lowest BCUT2D eigenvalue weighted by Crippen LogP contribution is -2.27. The number of nitrogens with zero attached hydrogens (tertiary/aromatic N) is 1. The van der Waals surface area contributed by atoms with Crippen molar-refractivity contribution in [1.29, 1.82) is 5.26 Å². The van der Waals surface area contributed by atoms with E-state index < -0.39 is 11.6 Å². The number of ether oxygens (including phenoxy) is 1. The Kier molecular flexibility index (Phi) is 3.47. The van der Waals surface area contributed by atoms with E-state index in [1.165, 1.54) is 0 Å². The number of carbonyl (C=O) groups excluding carboxylic acids is 1. The Morgan fingerprint density at radius 2 is 2.00 bits per heavy atom. The van der Waals surface area contributed by atoms with Crippen LogP contribution in [0.5, 0.6) is 0 Å². The molecule has 1 atom stereocenters. The molecular formula is C13H13NO2.